The molecule has 0 bridgehead atoms. The Morgan fingerprint density at radius 2 is 1.55 bits per heavy atom. The van der Waals surface area contributed by atoms with Crippen molar-refractivity contribution in [2.24, 2.45) is 0 Å². The summed E-state index contributed by atoms with van der Waals surface area (Å²) in [5.74, 6) is 2.09. The van der Waals surface area contributed by atoms with E-state index in [1.165, 1.54) is 0 Å². The van der Waals surface area contributed by atoms with Gasteiger partial charge in [0.05, 0.1) is 20.8 Å². The molecule has 0 radical (unpaired) electrons. The lowest BCUT2D eigenvalue weighted by atomic mass is 10.1. The molecule has 0 amide bonds. The number of aliphatic hydroxyl groups excluding tert-OH is 1. The molecule has 0 unspecified atom stereocenters. The first-order valence-corrected chi connectivity index (χ1v) is 6.34. The van der Waals surface area contributed by atoms with Gasteiger partial charge in [0.1, 0.15) is 12.4 Å². The average molecular weight is 274 g/mol. The van der Waals surface area contributed by atoms with Crippen LogP contribution >= 0.6 is 0 Å². The Balaban J connectivity index is 2.27. The van der Waals surface area contributed by atoms with E-state index in [9.17, 15) is 0 Å². The van der Waals surface area contributed by atoms with Crippen molar-refractivity contribution in [1.29, 1.82) is 0 Å². The molecule has 1 N–H and O–H groups in total. The summed E-state index contributed by atoms with van der Waals surface area (Å²) in [5.41, 5.74) is 2.10. The standard InChI is InChI=1S/C16H18O4/c1-18-14-6-3-12(4-7-14)13-5-8-15(20-10-9-17)16(11-13)19-2/h3-8,11,17H,9-10H2,1-2H3. The average Bonchev–Trinajstić information content (AvgIpc) is 2.52. The van der Waals surface area contributed by atoms with Gasteiger partial charge in [-0.1, -0.05) is 18.2 Å². The maximum Gasteiger partial charge on any atom is 0.161 e. The summed E-state index contributed by atoms with van der Waals surface area (Å²) in [6.45, 7) is 0.224. The minimum Gasteiger partial charge on any atom is -0.497 e. The van der Waals surface area contributed by atoms with Crippen molar-refractivity contribution in [3.8, 4) is 28.4 Å². The summed E-state index contributed by atoms with van der Waals surface area (Å²) in [4.78, 5) is 0. The van der Waals surface area contributed by atoms with E-state index < -0.39 is 0 Å². The van der Waals surface area contributed by atoms with Crippen LogP contribution in [0.1, 0.15) is 0 Å². The van der Waals surface area contributed by atoms with Crippen molar-refractivity contribution in [3.63, 3.8) is 0 Å². The van der Waals surface area contributed by atoms with E-state index in [1.807, 2.05) is 42.5 Å². The summed E-state index contributed by atoms with van der Waals surface area (Å²) >= 11 is 0. The van der Waals surface area contributed by atoms with Gasteiger partial charge in [0.25, 0.3) is 0 Å². The predicted octanol–water partition coefficient (Wildman–Crippen LogP) is 2.74. The maximum absolute atomic E-state index is 8.80. The zero-order valence-corrected chi connectivity index (χ0v) is 11.6. The molecular weight excluding hydrogens is 256 g/mol. The molecule has 4 nitrogen and oxygen atoms in total. The number of rotatable bonds is 6. The van der Waals surface area contributed by atoms with Crippen molar-refractivity contribution in [1.82, 2.24) is 0 Å². The van der Waals surface area contributed by atoms with Crippen LogP contribution in [-0.2, 0) is 0 Å². The lowest BCUT2D eigenvalue weighted by molar-refractivity contribution is 0.196. The predicted molar refractivity (Wildman–Crippen MR) is 77.6 cm³/mol. The molecule has 106 valence electrons. The van der Waals surface area contributed by atoms with E-state index in [0.29, 0.717) is 11.5 Å². The molecule has 0 spiro atoms. The molecule has 0 atom stereocenters. The largest absolute Gasteiger partial charge is 0.497 e. The maximum atomic E-state index is 8.80. The van der Waals surface area contributed by atoms with Gasteiger partial charge in [-0.2, -0.15) is 0 Å². The highest BCUT2D eigenvalue weighted by molar-refractivity contribution is 5.67. The fourth-order valence-corrected chi connectivity index (χ4v) is 1.91. The van der Waals surface area contributed by atoms with Gasteiger partial charge in [0.15, 0.2) is 11.5 Å². The third kappa shape index (κ3) is 3.22. The quantitative estimate of drug-likeness (QED) is 0.880. The molecule has 2 aromatic carbocycles. The van der Waals surface area contributed by atoms with Gasteiger partial charge < -0.3 is 19.3 Å². The van der Waals surface area contributed by atoms with Crippen molar-refractivity contribution in [2.45, 2.75) is 0 Å². The SMILES string of the molecule is COc1ccc(-c2ccc(OCCO)c(OC)c2)cc1. The summed E-state index contributed by atoms with van der Waals surface area (Å²) in [6, 6.07) is 13.5. The Labute approximate surface area is 118 Å². The third-order valence-corrected chi connectivity index (χ3v) is 2.94. The zero-order valence-electron chi connectivity index (χ0n) is 11.6. The van der Waals surface area contributed by atoms with E-state index in [0.717, 1.165) is 16.9 Å². The van der Waals surface area contributed by atoms with Gasteiger partial charge in [-0.25, -0.2) is 0 Å². The number of aliphatic hydroxyl groups is 1. The Morgan fingerprint density at radius 1 is 0.850 bits per heavy atom. The van der Waals surface area contributed by atoms with Crippen molar-refractivity contribution < 1.29 is 19.3 Å². The Kier molecular flexibility index (Phi) is 4.85. The van der Waals surface area contributed by atoms with Gasteiger partial charge in [-0.15, -0.1) is 0 Å². The number of hydrogen-bond acceptors (Lipinski definition) is 4. The fraction of sp³-hybridized carbons (Fsp3) is 0.250. The second-order valence-corrected chi connectivity index (χ2v) is 4.17. The normalized spacial score (nSPS) is 10.2. The summed E-state index contributed by atoms with van der Waals surface area (Å²) in [7, 11) is 3.24. The molecule has 0 aliphatic carbocycles. The Hall–Kier alpha value is -2.20. The van der Waals surface area contributed by atoms with Gasteiger partial charge in [0, 0.05) is 0 Å². The van der Waals surface area contributed by atoms with Crippen molar-refractivity contribution in [3.05, 3.63) is 42.5 Å². The van der Waals surface area contributed by atoms with Gasteiger partial charge in [0.2, 0.25) is 0 Å². The first kappa shape index (κ1) is 14.2. The van der Waals surface area contributed by atoms with Crippen LogP contribution < -0.4 is 14.2 Å². The molecule has 2 aromatic rings. The van der Waals surface area contributed by atoms with E-state index in [1.54, 1.807) is 14.2 Å². The highest BCUT2D eigenvalue weighted by Gasteiger charge is 2.07. The number of ether oxygens (including phenoxy) is 3. The lowest BCUT2D eigenvalue weighted by Gasteiger charge is -2.12. The number of benzene rings is 2. The van der Waals surface area contributed by atoms with Crippen molar-refractivity contribution >= 4 is 0 Å². The zero-order chi connectivity index (χ0) is 14.4. The van der Waals surface area contributed by atoms with Crippen LogP contribution in [0, 0.1) is 0 Å². The van der Waals surface area contributed by atoms with Crippen LogP contribution in [0.15, 0.2) is 42.5 Å². The molecule has 2 rings (SSSR count). The van der Waals surface area contributed by atoms with Crippen molar-refractivity contribution in [2.75, 3.05) is 27.4 Å². The smallest absolute Gasteiger partial charge is 0.161 e. The Morgan fingerprint density at radius 3 is 2.15 bits per heavy atom. The monoisotopic (exact) mass is 274 g/mol. The van der Waals surface area contributed by atoms with Crippen LogP contribution in [0.3, 0.4) is 0 Å². The molecule has 20 heavy (non-hydrogen) atoms. The molecule has 0 saturated carbocycles. The van der Waals surface area contributed by atoms with E-state index in [-0.39, 0.29) is 13.2 Å². The van der Waals surface area contributed by atoms with Crippen LogP contribution in [0.25, 0.3) is 11.1 Å². The van der Waals surface area contributed by atoms with Gasteiger partial charge in [-0.05, 0) is 35.4 Å². The van der Waals surface area contributed by atoms with Gasteiger partial charge in [-0.3, -0.25) is 0 Å². The molecule has 4 heteroatoms. The van der Waals surface area contributed by atoms with E-state index >= 15 is 0 Å². The minimum absolute atomic E-state index is 0.0244. The molecule has 0 aromatic heterocycles. The van der Waals surface area contributed by atoms with Crippen LogP contribution in [0.5, 0.6) is 17.2 Å². The van der Waals surface area contributed by atoms with Gasteiger partial charge >= 0.3 is 0 Å². The molecule has 0 aliphatic rings. The molecule has 0 aliphatic heterocycles. The number of methoxy groups -OCH3 is 2. The van der Waals surface area contributed by atoms with Crippen LogP contribution in [0.2, 0.25) is 0 Å². The topological polar surface area (TPSA) is 47.9 Å². The van der Waals surface area contributed by atoms with Crippen LogP contribution in [-0.4, -0.2) is 32.5 Å². The van der Waals surface area contributed by atoms with Crippen LogP contribution in [0.4, 0.5) is 0 Å². The first-order chi connectivity index (χ1) is 9.78. The highest BCUT2D eigenvalue weighted by Crippen LogP contribution is 2.33. The second-order valence-electron chi connectivity index (χ2n) is 4.17. The third-order valence-electron chi connectivity index (χ3n) is 2.94. The second kappa shape index (κ2) is 6.82. The summed E-state index contributed by atoms with van der Waals surface area (Å²) in [6.07, 6.45) is 0. The molecule has 0 saturated heterocycles. The van der Waals surface area contributed by atoms with E-state index in [2.05, 4.69) is 0 Å². The summed E-state index contributed by atoms with van der Waals surface area (Å²) in [5, 5.41) is 8.80. The summed E-state index contributed by atoms with van der Waals surface area (Å²) < 4.78 is 15.9. The number of hydrogen-bond donors (Lipinski definition) is 1. The Bertz CT molecular complexity index is 549. The lowest BCUT2D eigenvalue weighted by Crippen LogP contribution is -2.03. The molecule has 0 fully saturated rings. The fourth-order valence-electron chi connectivity index (χ4n) is 1.91. The van der Waals surface area contributed by atoms with E-state index in [4.69, 9.17) is 19.3 Å². The highest BCUT2D eigenvalue weighted by atomic mass is 16.5. The molecular formula is C16H18O4. The first-order valence-electron chi connectivity index (χ1n) is 6.34. The minimum atomic E-state index is -0.0244. The molecule has 0 heterocycles.